The number of hydrogen-bond acceptors (Lipinski definition) is 7. The molecule has 1 heterocycles. The molecule has 0 atom stereocenters. The van der Waals surface area contributed by atoms with Crippen LogP contribution in [0.1, 0.15) is 17.4 Å². The number of ether oxygens (including phenoxy) is 2. The molecule has 0 aliphatic rings. The fraction of sp³-hybridized carbons (Fsp3) is 0.500. The molecule has 8 heteroatoms. The van der Waals surface area contributed by atoms with Crippen molar-refractivity contribution < 1.29 is 19.1 Å². The van der Waals surface area contributed by atoms with Crippen molar-refractivity contribution in [2.45, 2.75) is 6.92 Å². The predicted molar refractivity (Wildman–Crippen MR) is 66.6 cm³/mol. The lowest BCUT2D eigenvalue weighted by Gasteiger charge is -2.02. The monoisotopic (exact) mass is 273 g/mol. The molecular formula is C10H15N3O4S. The third kappa shape index (κ3) is 5.11. The first-order valence-corrected chi connectivity index (χ1v) is 6.24. The number of nitrogens with zero attached hydrogens (tertiary/aromatic N) is 1. The van der Waals surface area contributed by atoms with Gasteiger partial charge in [0.1, 0.15) is 6.61 Å². The van der Waals surface area contributed by atoms with Gasteiger partial charge in [-0.2, -0.15) is 0 Å². The maximum absolute atomic E-state index is 11.3. The average molecular weight is 273 g/mol. The van der Waals surface area contributed by atoms with Crippen molar-refractivity contribution in [1.82, 2.24) is 4.98 Å². The van der Waals surface area contributed by atoms with Crippen LogP contribution in [0.15, 0.2) is 5.38 Å². The summed E-state index contributed by atoms with van der Waals surface area (Å²) < 4.78 is 9.77. The number of nitrogens with two attached hydrogens (primary N) is 1. The number of thiazole rings is 1. The Balaban J connectivity index is 2.27. The number of esters is 1. The van der Waals surface area contributed by atoms with Gasteiger partial charge in [0.25, 0.3) is 0 Å². The van der Waals surface area contributed by atoms with E-state index in [0.29, 0.717) is 24.9 Å². The minimum Gasteiger partial charge on any atom is -0.461 e. The topological polar surface area (TPSA) is 104 Å². The summed E-state index contributed by atoms with van der Waals surface area (Å²) in [5.41, 5.74) is 5.18. The third-order valence-corrected chi connectivity index (χ3v) is 2.56. The number of aromatic nitrogens is 1. The first-order valence-electron chi connectivity index (χ1n) is 5.36. The summed E-state index contributed by atoms with van der Waals surface area (Å²) in [6, 6.07) is 0. The van der Waals surface area contributed by atoms with E-state index in [9.17, 15) is 9.59 Å². The van der Waals surface area contributed by atoms with Crippen molar-refractivity contribution in [3.05, 3.63) is 11.1 Å². The van der Waals surface area contributed by atoms with E-state index in [1.807, 2.05) is 0 Å². The van der Waals surface area contributed by atoms with Crippen LogP contribution in [0.4, 0.5) is 5.13 Å². The van der Waals surface area contributed by atoms with E-state index >= 15 is 0 Å². The van der Waals surface area contributed by atoms with Gasteiger partial charge in [-0.15, -0.1) is 11.3 Å². The van der Waals surface area contributed by atoms with Crippen LogP contribution in [0.2, 0.25) is 0 Å². The maximum atomic E-state index is 11.3. The summed E-state index contributed by atoms with van der Waals surface area (Å²) in [5, 5.41) is 5.17. The zero-order valence-electron chi connectivity index (χ0n) is 9.97. The van der Waals surface area contributed by atoms with E-state index in [4.69, 9.17) is 15.2 Å². The van der Waals surface area contributed by atoms with E-state index in [2.05, 4.69) is 10.3 Å². The molecule has 18 heavy (non-hydrogen) atoms. The quantitative estimate of drug-likeness (QED) is 0.519. The van der Waals surface area contributed by atoms with E-state index < -0.39 is 11.9 Å². The minimum atomic E-state index is -0.506. The second-order valence-electron chi connectivity index (χ2n) is 3.20. The van der Waals surface area contributed by atoms with E-state index in [0.717, 1.165) is 0 Å². The highest BCUT2D eigenvalue weighted by atomic mass is 32.1. The largest absolute Gasteiger partial charge is 0.461 e. The fourth-order valence-corrected chi connectivity index (χ4v) is 1.77. The summed E-state index contributed by atoms with van der Waals surface area (Å²) in [4.78, 5) is 25.8. The predicted octanol–water partition coefficient (Wildman–Crippen LogP) is 0.234. The molecule has 1 aromatic rings. The summed E-state index contributed by atoms with van der Waals surface area (Å²) in [6.07, 6.45) is 0. The highest BCUT2D eigenvalue weighted by Crippen LogP contribution is 2.15. The molecule has 0 saturated carbocycles. The van der Waals surface area contributed by atoms with Crippen molar-refractivity contribution in [3.63, 3.8) is 0 Å². The number of nitrogens with one attached hydrogen (secondary N) is 1. The van der Waals surface area contributed by atoms with Gasteiger partial charge in [0.15, 0.2) is 10.8 Å². The van der Waals surface area contributed by atoms with Crippen LogP contribution >= 0.6 is 11.3 Å². The molecule has 100 valence electrons. The second-order valence-corrected chi connectivity index (χ2v) is 4.06. The molecule has 0 bridgehead atoms. The molecule has 0 fully saturated rings. The number of rotatable bonds is 8. The van der Waals surface area contributed by atoms with Gasteiger partial charge in [-0.05, 0) is 6.92 Å². The molecule has 0 aliphatic heterocycles. The molecule has 0 aromatic carbocycles. The Hall–Kier alpha value is -1.67. The number of carbonyl (C=O) groups excluding carboxylic acids is 2. The number of primary amides is 1. The number of amides is 1. The Bertz CT molecular complexity index is 408. The summed E-state index contributed by atoms with van der Waals surface area (Å²) in [6.45, 7) is 2.76. The Morgan fingerprint density at radius 3 is 3.00 bits per heavy atom. The Labute approximate surface area is 108 Å². The van der Waals surface area contributed by atoms with Crippen LogP contribution in [0.5, 0.6) is 0 Å². The van der Waals surface area contributed by atoms with Gasteiger partial charge in [0.05, 0.1) is 13.2 Å². The summed E-state index contributed by atoms with van der Waals surface area (Å²) in [5.74, 6) is -0.944. The third-order valence-electron chi connectivity index (χ3n) is 1.76. The first kappa shape index (κ1) is 14.4. The lowest BCUT2D eigenvalue weighted by molar-refractivity contribution is -0.122. The van der Waals surface area contributed by atoms with Gasteiger partial charge in [-0.25, -0.2) is 9.78 Å². The van der Waals surface area contributed by atoms with E-state index in [1.54, 1.807) is 12.3 Å². The first-order chi connectivity index (χ1) is 8.63. The van der Waals surface area contributed by atoms with Crippen LogP contribution in [0.25, 0.3) is 0 Å². The van der Waals surface area contributed by atoms with Crippen LogP contribution in [-0.2, 0) is 14.3 Å². The Kier molecular flexibility index (Phi) is 6.09. The Morgan fingerprint density at radius 2 is 2.33 bits per heavy atom. The van der Waals surface area contributed by atoms with Gasteiger partial charge in [0.2, 0.25) is 5.91 Å². The van der Waals surface area contributed by atoms with Crippen LogP contribution in [-0.4, -0.2) is 43.2 Å². The Morgan fingerprint density at radius 1 is 1.56 bits per heavy atom. The van der Waals surface area contributed by atoms with Crippen molar-refractivity contribution in [3.8, 4) is 0 Å². The molecule has 0 aliphatic carbocycles. The zero-order valence-corrected chi connectivity index (χ0v) is 10.8. The molecular weight excluding hydrogens is 258 g/mol. The zero-order chi connectivity index (χ0) is 13.4. The SMILES string of the molecule is CCOC(=O)c1csc(NCCOCC(N)=O)n1. The van der Waals surface area contributed by atoms with Crippen LogP contribution in [0, 0.1) is 0 Å². The van der Waals surface area contributed by atoms with Crippen molar-refractivity contribution in [2.75, 3.05) is 31.7 Å². The van der Waals surface area contributed by atoms with Gasteiger partial charge in [0, 0.05) is 11.9 Å². The normalized spacial score (nSPS) is 10.1. The number of anilines is 1. The lowest BCUT2D eigenvalue weighted by atomic mass is 10.5. The molecule has 0 unspecified atom stereocenters. The van der Waals surface area contributed by atoms with Crippen LogP contribution < -0.4 is 11.1 Å². The molecule has 0 radical (unpaired) electrons. The molecule has 1 aromatic heterocycles. The minimum absolute atomic E-state index is 0.104. The fourth-order valence-electron chi connectivity index (χ4n) is 1.06. The van der Waals surface area contributed by atoms with Crippen LogP contribution in [0.3, 0.4) is 0 Å². The van der Waals surface area contributed by atoms with Crippen molar-refractivity contribution in [1.29, 1.82) is 0 Å². The highest BCUT2D eigenvalue weighted by Gasteiger charge is 2.10. The van der Waals surface area contributed by atoms with E-state index in [1.165, 1.54) is 11.3 Å². The lowest BCUT2D eigenvalue weighted by Crippen LogP contribution is -2.20. The summed E-state index contributed by atoms with van der Waals surface area (Å²) in [7, 11) is 0. The average Bonchev–Trinajstić information content (AvgIpc) is 2.77. The van der Waals surface area contributed by atoms with Crippen molar-refractivity contribution >= 4 is 28.3 Å². The molecule has 3 N–H and O–H groups in total. The molecule has 0 saturated heterocycles. The van der Waals surface area contributed by atoms with Gasteiger partial charge < -0.3 is 20.5 Å². The smallest absolute Gasteiger partial charge is 0.357 e. The van der Waals surface area contributed by atoms with Gasteiger partial charge in [-0.1, -0.05) is 0 Å². The summed E-state index contributed by atoms with van der Waals surface area (Å²) >= 11 is 1.30. The second kappa shape index (κ2) is 7.62. The highest BCUT2D eigenvalue weighted by molar-refractivity contribution is 7.13. The standard InChI is InChI=1S/C10H15N3O4S/c1-2-17-9(15)7-6-18-10(13-7)12-3-4-16-5-8(11)14/h6H,2-5H2,1H3,(H2,11,14)(H,12,13). The van der Waals surface area contributed by atoms with E-state index in [-0.39, 0.29) is 12.3 Å². The van der Waals surface area contributed by atoms with Gasteiger partial charge in [-0.3, -0.25) is 4.79 Å². The molecule has 0 spiro atoms. The molecule has 7 nitrogen and oxygen atoms in total. The van der Waals surface area contributed by atoms with Gasteiger partial charge >= 0.3 is 5.97 Å². The van der Waals surface area contributed by atoms with Crippen molar-refractivity contribution in [2.24, 2.45) is 5.73 Å². The maximum Gasteiger partial charge on any atom is 0.357 e. The molecule has 1 amide bonds. The number of hydrogen-bond donors (Lipinski definition) is 2. The number of carbonyl (C=O) groups is 2. The molecule has 1 rings (SSSR count).